The molecule has 2 aromatic heterocycles. The highest BCUT2D eigenvalue weighted by molar-refractivity contribution is 5.75. The molecule has 0 aliphatic heterocycles. The number of carbonyl (C=O) groups is 1. The van der Waals surface area contributed by atoms with E-state index in [2.05, 4.69) is 15.2 Å². The number of aryl methyl sites for hydroxylation is 1. The van der Waals surface area contributed by atoms with E-state index in [-0.39, 0.29) is 25.0 Å². The van der Waals surface area contributed by atoms with Crippen molar-refractivity contribution in [1.29, 1.82) is 0 Å². The summed E-state index contributed by atoms with van der Waals surface area (Å²) in [6.45, 7) is 5.71. The highest BCUT2D eigenvalue weighted by Gasteiger charge is 2.15. The molecule has 0 radical (unpaired) electrons. The van der Waals surface area contributed by atoms with Crippen molar-refractivity contribution in [2.45, 2.75) is 39.9 Å². The van der Waals surface area contributed by atoms with Gasteiger partial charge in [-0.2, -0.15) is 0 Å². The van der Waals surface area contributed by atoms with E-state index in [0.717, 1.165) is 0 Å². The normalized spacial score (nSPS) is 11.0. The van der Waals surface area contributed by atoms with Crippen molar-refractivity contribution >= 4 is 5.91 Å². The molecule has 2 aromatic rings. The molecule has 9 nitrogen and oxygen atoms in total. The molecule has 0 aromatic carbocycles. The SMILES string of the molecule is Cc1cn(CC(=O)N(C)Cc2nncn2C(C)C)c(=O)[nH]c1=O. The standard InChI is InChI=1S/C14H20N6O3/c1-9(2)20-8-15-17-11(20)6-18(4)12(21)7-19-5-10(3)13(22)16-14(19)23/h5,8-9H,6-7H2,1-4H3,(H,16,22,23). The monoisotopic (exact) mass is 320 g/mol. The molecule has 1 amide bonds. The van der Waals surface area contributed by atoms with Crippen LogP contribution in [0.25, 0.3) is 0 Å². The molecule has 2 rings (SSSR count). The van der Waals surface area contributed by atoms with Crippen LogP contribution in [0, 0.1) is 6.92 Å². The van der Waals surface area contributed by atoms with Crippen molar-refractivity contribution < 1.29 is 4.79 Å². The van der Waals surface area contributed by atoms with Gasteiger partial charge in [0.05, 0.1) is 6.54 Å². The van der Waals surface area contributed by atoms with Crippen LogP contribution in [0.4, 0.5) is 0 Å². The largest absolute Gasteiger partial charge is 0.337 e. The molecule has 0 fully saturated rings. The molecular weight excluding hydrogens is 300 g/mol. The summed E-state index contributed by atoms with van der Waals surface area (Å²) in [6.07, 6.45) is 3.00. The van der Waals surface area contributed by atoms with E-state index < -0.39 is 11.2 Å². The fourth-order valence-electron chi connectivity index (χ4n) is 2.11. The molecule has 1 N–H and O–H groups in total. The Balaban J connectivity index is 2.12. The van der Waals surface area contributed by atoms with E-state index in [1.54, 1.807) is 20.3 Å². The quantitative estimate of drug-likeness (QED) is 0.812. The maximum Gasteiger partial charge on any atom is 0.328 e. The maximum atomic E-state index is 12.3. The van der Waals surface area contributed by atoms with Gasteiger partial charge in [-0.25, -0.2) is 4.79 Å². The number of nitrogens with one attached hydrogen (secondary N) is 1. The summed E-state index contributed by atoms with van der Waals surface area (Å²) in [5.41, 5.74) is -0.676. The van der Waals surface area contributed by atoms with Crippen molar-refractivity contribution in [3.63, 3.8) is 0 Å². The lowest BCUT2D eigenvalue weighted by atomic mass is 10.3. The predicted octanol–water partition coefficient (Wildman–Crippen LogP) is -0.324. The predicted molar refractivity (Wildman–Crippen MR) is 82.9 cm³/mol. The summed E-state index contributed by atoms with van der Waals surface area (Å²) in [7, 11) is 1.63. The van der Waals surface area contributed by atoms with E-state index in [1.165, 1.54) is 15.7 Å². The van der Waals surface area contributed by atoms with Gasteiger partial charge in [-0.15, -0.1) is 10.2 Å². The van der Waals surface area contributed by atoms with Gasteiger partial charge in [0.2, 0.25) is 5.91 Å². The molecule has 23 heavy (non-hydrogen) atoms. The van der Waals surface area contributed by atoms with Gasteiger partial charge in [-0.05, 0) is 20.8 Å². The number of H-pyrrole nitrogens is 1. The molecule has 0 atom stereocenters. The first-order valence-corrected chi connectivity index (χ1v) is 7.22. The van der Waals surface area contributed by atoms with Crippen LogP contribution in [-0.2, 0) is 17.9 Å². The summed E-state index contributed by atoms with van der Waals surface area (Å²) < 4.78 is 3.06. The van der Waals surface area contributed by atoms with Gasteiger partial charge in [0, 0.05) is 24.8 Å². The van der Waals surface area contributed by atoms with Crippen LogP contribution in [0.2, 0.25) is 0 Å². The third kappa shape index (κ3) is 3.74. The molecule has 0 saturated heterocycles. The Labute approximate surface area is 132 Å². The first kappa shape index (κ1) is 16.7. The van der Waals surface area contributed by atoms with Crippen LogP contribution in [0.3, 0.4) is 0 Å². The first-order chi connectivity index (χ1) is 10.8. The number of aromatic amines is 1. The average Bonchev–Trinajstić information content (AvgIpc) is 2.92. The minimum atomic E-state index is -0.604. The second kappa shape index (κ2) is 6.59. The number of hydrogen-bond donors (Lipinski definition) is 1. The highest BCUT2D eigenvalue weighted by atomic mass is 16.2. The Bertz CT molecular complexity index is 816. The van der Waals surface area contributed by atoms with Gasteiger partial charge < -0.3 is 9.47 Å². The Kier molecular flexibility index (Phi) is 4.77. The number of likely N-dealkylation sites (N-methyl/N-ethyl adjacent to an activating group) is 1. The fraction of sp³-hybridized carbons (Fsp3) is 0.500. The molecule has 0 saturated carbocycles. The maximum absolute atomic E-state index is 12.3. The molecule has 124 valence electrons. The molecule has 0 unspecified atom stereocenters. The highest BCUT2D eigenvalue weighted by Crippen LogP contribution is 2.08. The summed E-state index contributed by atoms with van der Waals surface area (Å²) in [4.78, 5) is 39.0. The topological polar surface area (TPSA) is 106 Å². The van der Waals surface area contributed by atoms with Gasteiger partial charge in [0.25, 0.3) is 5.56 Å². The van der Waals surface area contributed by atoms with Crippen LogP contribution in [0.15, 0.2) is 22.1 Å². The smallest absolute Gasteiger partial charge is 0.328 e. The van der Waals surface area contributed by atoms with Crippen molar-refractivity contribution in [2.75, 3.05) is 7.05 Å². The average molecular weight is 320 g/mol. The van der Waals surface area contributed by atoms with Crippen LogP contribution in [0.1, 0.15) is 31.3 Å². The van der Waals surface area contributed by atoms with Crippen LogP contribution < -0.4 is 11.2 Å². The van der Waals surface area contributed by atoms with Crippen molar-refractivity contribution in [1.82, 2.24) is 29.2 Å². The van der Waals surface area contributed by atoms with Crippen molar-refractivity contribution in [3.05, 3.63) is 44.8 Å². The van der Waals surface area contributed by atoms with Crippen LogP contribution in [0.5, 0.6) is 0 Å². The van der Waals surface area contributed by atoms with Gasteiger partial charge >= 0.3 is 5.69 Å². The Hall–Kier alpha value is -2.71. The molecule has 0 aliphatic rings. The van der Waals surface area contributed by atoms with Gasteiger partial charge in [-0.1, -0.05) is 0 Å². The Morgan fingerprint density at radius 2 is 2.09 bits per heavy atom. The van der Waals surface area contributed by atoms with Crippen LogP contribution >= 0.6 is 0 Å². The number of carbonyl (C=O) groups excluding carboxylic acids is 1. The number of rotatable bonds is 5. The first-order valence-electron chi connectivity index (χ1n) is 7.22. The molecule has 0 bridgehead atoms. The zero-order chi connectivity index (χ0) is 17.1. The van der Waals surface area contributed by atoms with Gasteiger partial charge in [0.15, 0.2) is 5.82 Å². The third-order valence-corrected chi connectivity index (χ3v) is 3.50. The lowest BCUT2D eigenvalue weighted by molar-refractivity contribution is -0.131. The molecular formula is C14H20N6O3. The molecule has 0 spiro atoms. The number of amides is 1. The van der Waals surface area contributed by atoms with E-state index in [1.807, 2.05) is 18.4 Å². The lowest BCUT2D eigenvalue weighted by Gasteiger charge is -2.19. The van der Waals surface area contributed by atoms with Crippen molar-refractivity contribution in [2.24, 2.45) is 0 Å². The second-order valence-corrected chi connectivity index (χ2v) is 5.70. The summed E-state index contributed by atoms with van der Waals surface area (Å²) in [5, 5.41) is 7.87. The zero-order valence-corrected chi connectivity index (χ0v) is 13.6. The van der Waals surface area contributed by atoms with E-state index in [4.69, 9.17) is 0 Å². The minimum Gasteiger partial charge on any atom is -0.337 e. The van der Waals surface area contributed by atoms with E-state index in [0.29, 0.717) is 11.4 Å². The molecule has 2 heterocycles. The number of hydrogen-bond acceptors (Lipinski definition) is 5. The lowest BCUT2D eigenvalue weighted by Crippen LogP contribution is -2.37. The second-order valence-electron chi connectivity index (χ2n) is 5.70. The summed E-state index contributed by atoms with van der Waals surface area (Å²) >= 11 is 0. The third-order valence-electron chi connectivity index (χ3n) is 3.50. The van der Waals surface area contributed by atoms with Gasteiger partial charge in [0.1, 0.15) is 12.9 Å². The fourth-order valence-corrected chi connectivity index (χ4v) is 2.11. The molecule has 0 aliphatic carbocycles. The number of nitrogens with zero attached hydrogens (tertiary/aromatic N) is 5. The van der Waals surface area contributed by atoms with Crippen LogP contribution in [-0.4, -0.2) is 42.2 Å². The Morgan fingerprint density at radius 3 is 2.74 bits per heavy atom. The molecule has 9 heteroatoms. The van der Waals surface area contributed by atoms with E-state index in [9.17, 15) is 14.4 Å². The minimum absolute atomic E-state index is 0.150. The summed E-state index contributed by atoms with van der Waals surface area (Å²) in [6, 6.07) is 0.188. The summed E-state index contributed by atoms with van der Waals surface area (Å²) in [5.74, 6) is 0.401. The Morgan fingerprint density at radius 1 is 1.39 bits per heavy atom. The van der Waals surface area contributed by atoms with E-state index >= 15 is 0 Å². The zero-order valence-electron chi connectivity index (χ0n) is 13.6. The van der Waals surface area contributed by atoms with Crippen molar-refractivity contribution in [3.8, 4) is 0 Å². The van der Waals surface area contributed by atoms with Gasteiger partial charge in [-0.3, -0.25) is 19.1 Å². The number of aromatic nitrogens is 5.